The second-order valence-corrected chi connectivity index (χ2v) is 6.87. The minimum Gasteiger partial charge on any atom is -0.341 e. The van der Waals surface area contributed by atoms with E-state index in [4.69, 9.17) is 11.6 Å². The van der Waals surface area contributed by atoms with Gasteiger partial charge in [-0.1, -0.05) is 36.7 Å². The standard InChI is InChI=1S/C18H23ClN2O2/c1-2-8-20-9-5-10-21(12-17(20)22)18(23)15-11-14(15)13-6-3-4-7-16(13)19/h3-4,6-7,14-15H,2,5,8-12H2,1H3/t14-,15+/m1/s1. The third-order valence-electron chi connectivity index (χ3n) is 4.75. The average molecular weight is 335 g/mol. The molecule has 5 heteroatoms. The van der Waals surface area contributed by atoms with E-state index < -0.39 is 0 Å². The molecule has 0 N–H and O–H groups in total. The molecule has 23 heavy (non-hydrogen) atoms. The summed E-state index contributed by atoms with van der Waals surface area (Å²) in [7, 11) is 0. The van der Waals surface area contributed by atoms with E-state index in [0.29, 0.717) is 6.54 Å². The van der Waals surface area contributed by atoms with Crippen LogP contribution < -0.4 is 0 Å². The van der Waals surface area contributed by atoms with Crippen molar-refractivity contribution in [2.75, 3.05) is 26.2 Å². The van der Waals surface area contributed by atoms with Crippen LogP contribution in [0, 0.1) is 5.92 Å². The second-order valence-electron chi connectivity index (χ2n) is 6.46. The minimum absolute atomic E-state index is 0.0135. The number of carbonyl (C=O) groups excluding carboxylic acids is 2. The lowest BCUT2D eigenvalue weighted by Gasteiger charge is -2.21. The Morgan fingerprint density at radius 1 is 1.30 bits per heavy atom. The lowest BCUT2D eigenvalue weighted by Crippen LogP contribution is -2.40. The van der Waals surface area contributed by atoms with E-state index in [9.17, 15) is 9.59 Å². The fourth-order valence-corrected chi connectivity index (χ4v) is 3.71. The van der Waals surface area contributed by atoms with E-state index in [1.807, 2.05) is 29.2 Å². The molecule has 0 spiro atoms. The van der Waals surface area contributed by atoms with Gasteiger partial charge in [-0.3, -0.25) is 9.59 Å². The van der Waals surface area contributed by atoms with E-state index in [2.05, 4.69) is 6.92 Å². The first-order chi connectivity index (χ1) is 11.1. The Bertz CT molecular complexity index is 604. The summed E-state index contributed by atoms with van der Waals surface area (Å²) in [4.78, 5) is 28.6. The van der Waals surface area contributed by atoms with E-state index >= 15 is 0 Å². The predicted octanol–water partition coefficient (Wildman–Crippen LogP) is 2.91. The number of carbonyl (C=O) groups is 2. The maximum atomic E-state index is 12.7. The van der Waals surface area contributed by atoms with Gasteiger partial charge in [-0.25, -0.2) is 0 Å². The summed E-state index contributed by atoms with van der Waals surface area (Å²) in [6, 6.07) is 7.73. The van der Waals surface area contributed by atoms with Gasteiger partial charge in [0.2, 0.25) is 11.8 Å². The van der Waals surface area contributed by atoms with E-state index in [1.165, 1.54) is 0 Å². The van der Waals surface area contributed by atoms with Gasteiger partial charge in [-0.05, 0) is 36.8 Å². The maximum Gasteiger partial charge on any atom is 0.242 e. The number of halogens is 1. The molecule has 0 unspecified atom stereocenters. The van der Waals surface area contributed by atoms with Crippen molar-refractivity contribution in [3.8, 4) is 0 Å². The van der Waals surface area contributed by atoms with Crippen LogP contribution in [-0.4, -0.2) is 47.8 Å². The summed E-state index contributed by atoms with van der Waals surface area (Å²) in [6.45, 7) is 4.52. The zero-order valence-corrected chi connectivity index (χ0v) is 14.3. The molecule has 1 aliphatic carbocycles. The largest absolute Gasteiger partial charge is 0.341 e. The first-order valence-electron chi connectivity index (χ1n) is 8.42. The molecule has 124 valence electrons. The second kappa shape index (κ2) is 6.91. The molecule has 1 aromatic rings. The molecule has 2 amide bonds. The molecule has 3 rings (SSSR count). The smallest absolute Gasteiger partial charge is 0.242 e. The lowest BCUT2D eigenvalue weighted by molar-refractivity contribution is -0.139. The van der Waals surface area contributed by atoms with E-state index in [1.54, 1.807) is 4.90 Å². The summed E-state index contributed by atoms with van der Waals surface area (Å²) in [6.07, 6.45) is 2.66. The topological polar surface area (TPSA) is 40.6 Å². The van der Waals surface area contributed by atoms with Crippen molar-refractivity contribution in [3.05, 3.63) is 34.9 Å². The molecular weight excluding hydrogens is 312 g/mol. The Hall–Kier alpha value is -1.55. The van der Waals surface area contributed by atoms with Crippen LogP contribution in [0.3, 0.4) is 0 Å². The van der Waals surface area contributed by atoms with Crippen LogP contribution in [0.5, 0.6) is 0 Å². The number of nitrogens with zero attached hydrogens (tertiary/aromatic N) is 2. The van der Waals surface area contributed by atoms with Gasteiger partial charge in [-0.15, -0.1) is 0 Å². The van der Waals surface area contributed by atoms with Crippen LogP contribution in [0.2, 0.25) is 5.02 Å². The van der Waals surface area contributed by atoms with Crippen molar-refractivity contribution in [2.45, 2.75) is 32.1 Å². The van der Waals surface area contributed by atoms with Crippen molar-refractivity contribution >= 4 is 23.4 Å². The Balaban J connectivity index is 1.63. The molecule has 1 saturated heterocycles. The molecule has 2 fully saturated rings. The zero-order valence-electron chi connectivity index (χ0n) is 13.5. The summed E-state index contributed by atoms with van der Waals surface area (Å²) in [5, 5.41) is 0.730. The molecule has 1 aromatic carbocycles. The van der Waals surface area contributed by atoms with Gasteiger partial charge in [0.1, 0.15) is 0 Å². The van der Waals surface area contributed by atoms with Crippen molar-refractivity contribution < 1.29 is 9.59 Å². The summed E-state index contributed by atoms with van der Waals surface area (Å²) < 4.78 is 0. The molecule has 4 nitrogen and oxygen atoms in total. The lowest BCUT2D eigenvalue weighted by atomic mass is 10.1. The number of hydrogen-bond donors (Lipinski definition) is 0. The summed E-state index contributed by atoms with van der Waals surface area (Å²) >= 11 is 6.23. The molecule has 1 heterocycles. The molecule has 1 saturated carbocycles. The van der Waals surface area contributed by atoms with Crippen molar-refractivity contribution in [1.29, 1.82) is 0 Å². The van der Waals surface area contributed by atoms with Crippen LogP contribution in [-0.2, 0) is 9.59 Å². The van der Waals surface area contributed by atoms with Crippen LogP contribution >= 0.6 is 11.6 Å². The number of benzene rings is 1. The number of hydrogen-bond acceptors (Lipinski definition) is 2. The van der Waals surface area contributed by atoms with Crippen molar-refractivity contribution in [1.82, 2.24) is 9.80 Å². The number of amides is 2. The monoisotopic (exact) mass is 334 g/mol. The Morgan fingerprint density at radius 2 is 2.09 bits per heavy atom. The first-order valence-corrected chi connectivity index (χ1v) is 8.80. The quantitative estimate of drug-likeness (QED) is 0.849. The van der Waals surface area contributed by atoms with E-state index in [-0.39, 0.29) is 30.2 Å². The van der Waals surface area contributed by atoms with Gasteiger partial charge < -0.3 is 9.80 Å². The third-order valence-corrected chi connectivity index (χ3v) is 5.10. The SMILES string of the molecule is CCCN1CCCN(C(=O)[C@H]2C[C@@H]2c2ccccc2Cl)CC1=O. The van der Waals surface area contributed by atoms with Crippen LogP contribution in [0.25, 0.3) is 0 Å². The highest BCUT2D eigenvalue weighted by Gasteiger charge is 2.47. The Morgan fingerprint density at radius 3 is 2.83 bits per heavy atom. The fraction of sp³-hybridized carbons (Fsp3) is 0.556. The molecule has 2 atom stereocenters. The Kier molecular flexibility index (Phi) is 4.90. The molecule has 0 radical (unpaired) electrons. The van der Waals surface area contributed by atoms with Gasteiger partial charge in [0.25, 0.3) is 0 Å². The molecule has 1 aliphatic heterocycles. The molecule has 2 aliphatic rings. The summed E-state index contributed by atoms with van der Waals surface area (Å²) in [5.41, 5.74) is 1.06. The van der Waals surface area contributed by atoms with Crippen molar-refractivity contribution in [2.24, 2.45) is 5.92 Å². The van der Waals surface area contributed by atoms with Gasteiger partial charge in [0.15, 0.2) is 0 Å². The average Bonchev–Trinajstić information content (AvgIpc) is 3.34. The van der Waals surface area contributed by atoms with Crippen LogP contribution in [0.4, 0.5) is 0 Å². The fourth-order valence-electron chi connectivity index (χ4n) is 3.44. The maximum absolute atomic E-state index is 12.7. The van der Waals surface area contributed by atoms with Crippen LogP contribution in [0.15, 0.2) is 24.3 Å². The normalized spacial score (nSPS) is 24.5. The highest BCUT2D eigenvalue weighted by atomic mass is 35.5. The third kappa shape index (κ3) is 3.52. The van der Waals surface area contributed by atoms with Gasteiger partial charge >= 0.3 is 0 Å². The first kappa shape index (κ1) is 16.3. The predicted molar refractivity (Wildman–Crippen MR) is 90.4 cm³/mol. The molecule has 0 bridgehead atoms. The van der Waals surface area contributed by atoms with Gasteiger partial charge in [0.05, 0.1) is 6.54 Å². The molecular formula is C18H23ClN2O2. The number of rotatable bonds is 4. The molecule has 0 aromatic heterocycles. The minimum atomic E-state index is -0.0135. The van der Waals surface area contributed by atoms with E-state index in [0.717, 1.165) is 42.9 Å². The summed E-state index contributed by atoms with van der Waals surface area (Å²) in [5.74, 6) is 0.385. The van der Waals surface area contributed by atoms with Crippen LogP contribution in [0.1, 0.15) is 37.7 Å². The van der Waals surface area contributed by atoms with Gasteiger partial charge in [0, 0.05) is 30.6 Å². The van der Waals surface area contributed by atoms with Crippen molar-refractivity contribution in [3.63, 3.8) is 0 Å². The highest BCUT2D eigenvalue weighted by Crippen LogP contribution is 2.50. The zero-order chi connectivity index (χ0) is 16.4. The van der Waals surface area contributed by atoms with Gasteiger partial charge in [-0.2, -0.15) is 0 Å². The highest BCUT2D eigenvalue weighted by molar-refractivity contribution is 6.31. The Labute approximate surface area is 142 Å².